The third-order valence-electron chi connectivity index (χ3n) is 5.65. The highest BCUT2D eigenvalue weighted by Gasteiger charge is 2.46. The molecule has 5 heteroatoms. The highest BCUT2D eigenvalue weighted by molar-refractivity contribution is 5.79. The van der Waals surface area contributed by atoms with Gasteiger partial charge in [-0.2, -0.15) is 0 Å². The average Bonchev–Trinajstić information content (AvgIpc) is 3.35. The Morgan fingerprint density at radius 1 is 1.19 bits per heavy atom. The van der Waals surface area contributed by atoms with Crippen LogP contribution in [0.4, 0.5) is 0 Å². The number of carboxylic acid groups (broad SMARTS) is 1. The van der Waals surface area contributed by atoms with Crippen molar-refractivity contribution in [3.05, 3.63) is 29.3 Å². The molecule has 1 amide bonds. The predicted molar refractivity (Wildman–Crippen MR) is 99.2 cm³/mol. The quantitative estimate of drug-likeness (QED) is 0.722. The van der Waals surface area contributed by atoms with Crippen LogP contribution in [0.3, 0.4) is 0 Å². The van der Waals surface area contributed by atoms with E-state index >= 15 is 0 Å². The van der Waals surface area contributed by atoms with E-state index in [1.165, 1.54) is 5.56 Å². The SMILES string of the molecule is Cc1ccc(C)c(OCCCCC(=O)N2C[C@H](C(=O)O)[C@@H](C3CC3)C2)c1. The molecule has 3 rings (SSSR count). The maximum absolute atomic E-state index is 12.4. The van der Waals surface area contributed by atoms with Gasteiger partial charge in [0.1, 0.15) is 5.75 Å². The van der Waals surface area contributed by atoms with Crippen molar-refractivity contribution >= 4 is 11.9 Å². The molecule has 1 saturated heterocycles. The van der Waals surface area contributed by atoms with Gasteiger partial charge in [-0.05, 0) is 68.6 Å². The second kappa shape index (κ2) is 8.11. The van der Waals surface area contributed by atoms with Crippen molar-refractivity contribution in [1.82, 2.24) is 4.90 Å². The third-order valence-corrected chi connectivity index (χ3v) is 5.65. The van der Waals surface area contributed by atoms with Gasteiger partial charge in [-0.3, -0.25) is 9.59 Å². The van der Waals surface area contributed by atoms with E-state index in [1.54, 1.807) is 4.90 Å². The molecular weight excluding hydrogens is 330 g/mol. The van der Waals surface area contributed by atoms with Crippen molar-refractivity contribution in [3.8, 4) is 5.75 Å². The zero-order chi connectivity index (χ0) is 18.7. The Balaban J connectivity index is 1.39. The summed E-state index contributed by atoms with van der Waals surface area (Å²) in [6, 6.07) is 6.15. The van der Waals surface area contributed by atoms with Gasteiger partial charge in [-0.15, -0.1) is 0 Å². The van der Waals surface area contributed by atoms with Crippen molar-refractivity contribution in [3.63, 3.8) is 0 Å². The maximum Gasteiger partial charge on any atom is 0.308 e. The van der Waals surface area contributed by atoms with Crippen LogP contribution in [0.15, 0.2) is 18.2 Å². The number of rotatable bonds is 8. The van der Waals surface area contributed by atoms with E-state index in [0.717, 1.165) is 37.0 Å². The Kier molecular flexibility index (Phi) is 5.84. The van der Waals surface area contributed by atoms with Crippen LogP contribution in [0.1, 0.15) is 43.2 Å². The van der Waals surface area contributed by atoms with Crippen molar-refractivity contribution in [2.24, 2.45) is 17.8 Å². The topological polar surface area (TPSA) is 66.8 Å². The molecule has 1 aromatic carbocycles. The minimum atomic E-state index is -0.751. The number of benzene rings is 1. The van der Waals surface area contributed by atoms with Gasteiger partial charge in [0.25, 0.3) is 0 Å². The normalized spacial score (nSPS) is 22.5. The summed E-state index contributed by atoms with van der Waals surface area (Å²) >= 11 is 0. The van der Waals surface area contributed by atoms with Crippen LogP contribution in [-0.2, 0) is 9.59 Å². The van der Waals surface area contributed by atoms with E-state index in [9.17, 15) is 14.7 Å². The second-order valence-electron chi connectivity index (χ2n) is 7.82. The van der Waals surface area contributed by atoms with Gasteiger partial charge in [0, 0.05) is 19.5 Å². The van der Waals surface area contributed by atoms with Crippen LogP contribution in [0.25, 0.3) is 0 Å². The number of aryl methyl sites for hydroxylation is 2. The molecule has 1 aliphatic heterocycles. The predicted octanol–water partition coefficient (Wildman–Crippen LogP) is 3.42. The number of carboxylic acids is 1. The summed E-state index contributed by atoms with van der Waals surface area (Å²) in [6.45, 7) is 5.68. The van der Waals surface area contributed by atoms with E-state index in [0.29, 0.717) is 32.0 Å². The number of aliphatic carboxylic acids is 1. The number of unbranched alkanes of at least 4 members (excludes halogenated alkanes) is 1. The smallest absolute Gasteiger partial charge is 0.308 e. The van der Waals surface area contributed by atoms with E-state index in [2.05, 4.69) is 12.1 Å². The lowest BCUT2D eigenvalue weighted by Crippen LogP contribution is -2.29. The van der Waals surface area contributed by atoms with Gasteiger partial charge in [0.2, 0.25) is 5.91 Å². The Morgan fingerprint density at radius 3 is 2.65 bits per heavy atom. The van der Waals surface area contributed by atoms with Crippen LogP contribution in [0.2, 0.25) is 0 Å². The molecule has 0 bridgehead atoms. The highest BCUT2D eigenvalue weighted by atomic mass is 16.5. The Hall–Kier alpha value is -2.04. The van der Waals surface area contributed by atoms with Crippen molar-refractivity contribution < 1.29 is 19.4 Å². The van der Waals surface area contributed by atoms with E-state index in [4.69, 9.17) is 4.74 Å². The fourth-order valence-electron chi connectivity index (χ4n) is 3.88. The van der Waals surface area contributed by atoms with Gasteiger partial charge in [-0.1, -0.05) is 12.1 Å². The summed E-state index contributed by atoms with van der Waals surface area (Å²) in [5.74, 6) is 0.542. The Bertz CT molecular complexity index is 668. The lowest BCUT2D eigenvalue weighted by atomic mass is 9.92. The first-order valence-corrected chi connectivity index (χ1v) is 9.66. The minimum absolute atomic E-state index is 0.0890. The zero-order valence-electron chi connectivity index (χ0n) is 15.7. The fourth-order valence-corrected chi connectivity index (χ4v) is 3.88. The zero-order valence-corrected chi connectivity index (χ0v) is 15.7. The van der Waals surface area contributed by atoms with Crippen LogP contribution in [0.5, 0.6) is 5.75 Å². The van der Waals surface area contributed by atoms with Gasteiger partial charge < -0.3 is 14.7 Å². The van der Waals surface area contributed by atoms with E-state index < -0.39 is 5.97 Å². The lowest BCUT2D eigenvalue weighted by molar-refractivity contribution is -0.142. The molecule has 1 aromatic rings. The molecule has 26 heavy (non-hydrogen) atoms. The standard InChI is InChI=1S/C21H29NO4/c1-14-6-7-15(2)19(11-14)26-10-4-3-5-20(23)22-12-17(16-8-9-16)18(13-22)21(24)25/h6-7,11,16-18H,3-5,8-10,12-13H2,1-2H3,(H,24,25)/t17-,18+/m1/s1. The summed E-state index contributed by atoms with van der Waals surface area (Å²) in [6.07, 6.45) is 4.30. The number of amides is 1. The summed E-state index contributed by atoms with van der Waals surface area (Å²) in [4.78, 5) is 25.6. The number of hydrogen-bond acceptors (Lipinski definition) is 3. The molecule has 2 aliphatic rings. The largest absolute Gasteiger partial charge is 0.493 e. The van der Waals surface area contributed by atoms with Crippen LogP contribution in [0, 0.1) is 31.6 Å². The first kappa shape index (κ1) is 18.7. The van der Waals surface area contributed by atoms with Crippen LogP contribution >= 0.6 is 0 Å². The second-order valence-corrected chi connectivity index (χ2v) is 7.82. The van der Waals surface area contributed by atoms with Crippen LogP contribution in [-0.4, -0.2) is 41.6 Å². The Morgan fingerprint density at radius 2 is 1.96 bits per heavy atom. The fraction of sp³-hybridized carbons (Fsp3) is 0.619. The molecule has 1 aliphatic carbocycles. The molecule has 2 fully saturated rings. The highest BCUT2D eigenvalue weighted by Crippen LogP contribution is 2.44. The maximum atomic E-state index is 12.4. The first-order valence-electron chi connectivity index (χ1n) is 9.66. The summed E-state index contributed by atoms with van der Waals surface area (Å²) < 4.78 is 5.83. The van der Waals surface area contributed by atoms with Crippen LogP contribution < -0.4 is 4.74 Å². The summed E-state index contributed by atoms with van der Waals surface area (Å²) in [7, 11) is 0. The molecule has 0 aromatic heterocycles. The molecule has 1 N–H and O–H groups in total. The van der Waals surface area contributed by atoms with Gasteiger partial charge in [0.15, 0.2) is 0 Å². The van der Waals surface area contributed by atoms with E-state index in [1.807, 2.05) is 19.9 Å². The number of ether oxygens (including phenoxy) is 1. The van der Waals surface area contributed by atoms with Crippen molar-refractivity contribution in [2.75, 3.05) is 19.7 Å². The Labute approximate surface area is 155 Å². The molecule has 0 radical (unpaired) electrons. The number of hydrogen-bond donors (Lipinski definition) is 1. The summed E-state index contributed by atoms with van der Waals surface area (Å²) in [5.41, 5.74) is 2.29. The number of likely N-dealkylation sites (tertiary alicyclic amines) is 1. The molecule has 0 spiro atoms. The average molecular weight is 359 g/mol. The number of carbonyl (C=O) groups excluding carboxylic acids is 1. The molecule has 2 atom stereocenters. The van der Waals surface area contributed by atoms with Gasteiger partial charge in [0.05, 0.1) is 12.5 Å². The lowest BCUT2D eigenvalue weighted by Gasteiger charge is -2.16. The molecule has 5 nitrogen and oxygen atoms in total. The summed E-state index contributed by atoms with van der Waals surface area (Å²) in [5, 5.41) is 9.40. The third kappa shape index (κ3) is 4.57. The number of carbonyl (C=O) groups is 2. The van der Waals surface area contributed by atoms with Gasteiger partial charge in [-0.25, -0.2) is 0 Å². The first-order chi connectivity index (χ1) is 12.5. The molecule has 1 heterocycles. The van der Waals surface area contributed by atoms with Crippen molar-refractivity contribution in [2.45, 2.75) is 46.0 Å². The molecule has 0 unspecified atom stereocenters. The van der Waals surface area contributed by atoms with Crippen molar-refractivity contribution in [1.29, 1.82) is 0 Å². The monoisotopic (exact) mass is 359 g/mol. The molecule has 1 saturated carbocycles. The minimum Gasteiger partial charge on any atom is -0.493 e. The van der Waals surface area contributed by atoms with E-state index in [-0.39, 0.29) is 17.7 Å². The number of nitrogens with zero attached hydrogens (tertiary/aromatic N) is 1. The van der Waals surface area contributed by atoms with Gasteiger partial charge >= 0.3 is 5.97 Å². The molecule has 142 valence electrons. The molecular formula is C21H29NO4.